The van der Waals surface area contributed by atoms with Gasteiger partial charge in [-0.3, -0.25) is 0 Å². The number of hydrogen-bond donors (Lipinski definition) is 2. The van der Waals surface area contributed by atoms with Crippen molar-refractivity contribution < 1.29 is 14.2 Å². The Labute approximate surface area is 301 Å². The van der Waals surface area contributed by atoms with Crippen LogP contribution in [0.2, 0.25) is 0 Å². The van der Waals surface area contributed by atoms with Gasteiger partial charge in [0, 0.05) is 38.1 Å². The van der Waals surface area contributed by atoms with E-state index in [0.717, 1.165) is 57.1 Å². The van der Waals surface area contributed by atoms with Crippen LogP contribution in [0.1, 0.15) is 80.3 Å². The van der Waals surface area contributed by atoms with Crippen molar-refractivity contribution in [3.8, 4) is 28.4 Å². The predicted molar refractivity (Wildman–Crippen MR) is 208 cm³/mol. The average molecular weight is 685 g/mol. The molecule has 250 valence electrons. The second-order valence-electron chi connectivity index (χ2n) is 15.8. The van der Waals surface area contributed by atoms with E-state index < -0.39 is 5.60 Å². The third kappa shape index (κ3) is 4.94. The third-order valence-electron chi connectivity index (χ3n) is 11.2. The molecule has 5 aromatic rings. The molecule has 1 heterocycles. The molecule has 8 rings (SSSR count). The summed E-state index contributed by atoms with van der Waals surface area (Å²) < 4.78 is 18.7. The molecule has 0 radical (unpaired) electrons. The molecule has 1 saturated carbocycles. The van der Waals surface area contributed by atoms with E-state index in [9.17, 15) is 0 Å². The quantitative estimate of drug-likeness (QED) is 0.181. The van der Waals surface area contributed by atoms with Gasteiger partial charge in [-0.05, 0) is 106 Å². The van der Waals surface area contributed by atoms with Gasteiger partial charge in [0.05, 0.1) is 14.2 Å². The first-order valence-electron chi connectivity index (χ1n) is 17.2. The van der Waals surface area contributed by atoms with Crippen LogP contribution in [0.5, 0.6) is 17.2 Å². The van der Waals surface area contributed by atoms with Crippen LogP contribution in [0.4, 0.5) is 0 Å². The lowest BCUT2D eigenvalue weighted by Gasteiger charge is -2.52. The summed E-state index contributed by atoms with van der Waals surface area (Å²) in [5.41, 5.74) is 9.10. The summed E-state index contributed by atoms with van der Waals surface area (Å²) in [6, 6.07) is 30.2. The minimum atomic E-state index is -0.893. The minimum Gasteiger partial charge on any atom is -0.497 e. The lowest BCUT2D eigenvalue weighted by atomic mass is 9.52. The van der Waals surface area contributed by atoms with Gasteiger partial charge in [0.15, 0.2) is 5.60 Å². The van der Waals surface area contributed by atoms with Gasteiger partial charge in [-0.25, -0.2) is 0 Å². The standard InChI is InChI=1S/C44H44O3S2/c1-41(2)24-42(3,4)26-43(25-41)36-10-8-7-9-32(36)38-34-21-27(23-48)37(49)22-35(34)40-33(39(38)43)19-20-44(47-40,28-11-15-30(45-5)16-12-28)29-13-17-31(46-6)18-14-29/h7-22,48-49H,23-26H2,1-6H3. The number of hydrogen-bond acceptors (Lipinski definition) is 5. The SMILES string of the molecule is COc1ccc(C2(c3ccc(OC)cc3)C=Cc3c4c(c5cc(CS)c(S)cc5c3O2)-c2ccccc2C42CC(C)(C)CC(C)(C)C2)cc1. The average Bonchev–Trinajstić information content (AvgIpc) is 3.35. The first-order chi connectivity index (χ1) is 23.4. The summed E-state index contributed by atoms with van der Waals surface area (Å²) in [7, 11) is 3.40. The summed E-state index contributed by atoms with van der Waals surface area (Å²) in [4.78, 5) is 0.920. The fourth-order valence-corrected chi connectivity index (χ4v) is 10.7. The largest absolute Gasteiger partial charge is 0.497 e. The highest BCUT2D eigenvalue weighted by atomic mass is 32.1. The van der Waals surface area contributed by atoms with Crippen molar-refractivity contribution in [3.63, 3.8) is 0 Å². The highest BCUT2D eigenvalue weighted by Crippen LogP contribution is 2.67. The topological polar surface area (TPSA) is 27.7 Å². The van der Waals surface area contributed by atoms with Crippen molar-refractivity contribution >= 4 is 42.1 Å². The van der Waals surface area contributed by atoms with E-state index in [4.69, 9.17) is 39.5 Å². The Morgan fingerprint density at radius 1 is 0.735 bits per heavy atom. The molecule has 0 saturated heterocycles. The monoisotopic (exact) mass is 684 g/mol. The molecular weight excluding hydrogens is 641 g/mol. The number of thiol groups is 2. The summed E-state index contributed by atoms with van der Waals surface area (Å²) in [5.74, 6) is 3.12. The van der Waals surface area contributed by atoms with Crippen LogP contribution >= 0.6 is 25.3 Å². The first-order valence-corrected chi connectivity index (χ1v) is 18.3. The van der Waals surface area contributed by atoms with Crippen LogP contribution in [0, 0.1) is 10.8 Å². The molecule has 1 aliphatic heterocycles. The zero-order chi connectivity index (χ0) is 34.3. The Balaban J connectivity index is 1.48. The summed E-state index contributed by atoms with van der Waals surface area (Å²) in [6.07, 6.45) is 7.96. The van der Waals surface area contributed by atoms with Crippen molar-refractivity contribution in [3.05, 3.63) is 124 Å². The lowest BCUT2D eigenvalue weighted by Crippen LogP contribution is -2.44. The van der Waals surface area contributed by atoms with Crippen LogP contribution < -0.4 is 14.2 Å². The van der Waals surface area contributed by atoms with Crippen molar-refractivity contribution in [2.24, 2.45) is 10.8 Å². The Morgan fingerprint density at radius 2 is 1.33 bits per heavy atom. The van der Waals surface area contributed by atoms with Crippen molar-refractivity contribution in [1.82, 2.24) is 0 Å². The highest BCUT2D eigenvalue weighted by molar-refractivity contribution is 7.81. The Morgan fingerprint density at radius 3 is 1.90 bits per heavy atom. The van der Waals surface area contributed by atoms with E-state index in [0.29, 0.717) is 5.75 Å². The maximum atomic E-state index is 7.62. The fraction of sp³-hybridized carbons (Fsp3) is 0.318. The van der Waals surface area contributed by atoms with E-state index in [1.807, 2.05) is 24.3 Å². The lowest BCUT2D eigenvalue weighted by molar-refractivity contribution is 0.0642. The summed E-state index contributed by atoms with van der Waals surface area (Å²) in [5, 5.41) is 2.27. The molecule has 2 aliphatic carbocycles. The van der Waals surface area contributed by atoms with Gasteiger partial charge in [-0.1, -0.05) is 82.3 Å². The van der Waals surface area contributed by atoms with E-state index in [1.54, 1.807) is 14.2 Å². The molecule has 3 nitrogen and oxygen atoms in total. The number of rotatable bonds is 5. The molecule has 0 N–H and O–H groups in total. The third-order valence-corrected chi connectivity index (χ3v) is 11.9. The molecule has 0 unspecified atom stereocenters. The van der Waals surface area contributed by atoms with Gasteiger partial charge in [0.1, 0.15) is 17.2 Å². The smallest absolute Gasteiger partial charge is 0.178 e. The summed E-state index contributed by atoms with van der Waals surface area (Å²) in [6.45, 7) is 9.84. The molecule has 3 aliphatic rings. The Kier molecular flexibility index (Phi) is 7.52. The van der Waals surface area contributed by atoms with Crippen LogP contribution in [0.25, 0.3) is 28.0 Å². The highest BCUT2D eigenvalue weighted by Gasteiger charge is 2.55. The second-order valence-corrected chi connectivity index (χ2v) is 16.6. The molecule has 1 spiro atoms. The van der Waals surface area contributed by atoms with Gasteiger partial charge in [0.25, 0.3) is 0 Å². The Hall–Kier alpha value is -3.80. The zero-order valence-corrected chi connectivity index (χ0v) is 31.0. The van der Waals surface area contributed by atoms with E-state index in [1.165, 1.54) is 39.6 Å². The molecule has 0 amide bonds. The molecule has 0 aromatic heterocycles. The second kappa shape index (κ2) is 11.4. The molecule has 5 aromatic carbocycles. The molecule has 49 heavy (non-hydrogen) atoms. The number of ether oxygens (including phenoxy) is 3. The van der Waals surface area contributed by atoms with Crippen LogP contribution in [-0.2, 0) is 16.8 Å². The van der Waals surface area contributed by atoms with Gasteiger partial charge in [-0.15, -0.1) is 12.6 Å². The van der Waals surface area contributed by atoms with Gasteiger partial charge in [0.2, 0.25) is 0 Å². The van der Waals surface area contributed by atoms with E-state index in [-0.39, 0.29) is 16.2 Å². The van der Waals surface area contributed by atoms with Crippen LogP contribution in [0.3, 0.4) is 0 Å². The maximum Gasteiger partial charge on any atom is 0.178 e. The van der Waals surface area contributed by atoms with Gasteiger partial charge in [-0.2, -0.15) is 12.6 Å². The zero-order valence-electron chi connectivity index (χ0n) is 29.2. The van der Waals surface area contributed by atoms with Gasteiger partial charge >= 0.3 is 0 Å². The molecule has 0 bridgehead atoms. The Bertz CT molecular complexity index is 2080. The first kappa shape index (κ1) is 32.4. The number of fused-ring (bicyclic) bond motifs is 10. The van der Waals surface area contributed by atoms with Crippen molar-refractivity contribution in [2.75, 3.05) is 14.2 Å². The van der Waals surface area contributed by atoms with Crippen molar-refractivity contribution in [1.29, 1.82) is 0 Å². The fourth-order valence-electron chi connectivity index (χ4n) is 10.0. The van der Waals surface area contributed by atoms with Gasteiger partial charge < -0.3 is 14.2 Å². The molecule has 5 heteroatoms. The molecule has 1 fully saturated rings. The maximum absolute atomic E-state index is 7.62. The van der Waals surface area contributed by atoms with E-state index in [2.05, 4.69) is 101 Å². The normalized spacial score (nSPS) is 18.8. The van der Waals surface area contributed by atoms with Crippen LogP contribution in [0.15, 0.2) is 95.9 Å². The minimum absolute atomic E-state index is 0.152. The van der Waals surface area contributed by atoms with Crippen molar-refractivity contribution in [2.45, 2.75) is 68.6 Å². The number of methoxy groups -OCH3 is 2. The number of benzene rings is 5. The van der Waals surface area contributed by atoms with E-state index >= 15 is 0 Å². The van der Waals surface area contributed by atoms with Crippen LogP contribution in [-0.4, -0.2) is 14.2 Å². The molecule has 0 atom stereocenters. The molecular formula is C44H44O3S2. The predicted octanol–water partition coefficient (Wildman–Crippen LogP) is 11.4. The summed E-state index contributed by atoms with van der Waals surface area (Å²) >= 11 is 9.75.